The number of halogens is 1. The second-order valence-corrected chi connectivity index (χ2v) is 5.20. The van der Waals surface area contributed by atoms with E-state index in [9.17, 15) is 9.59 Å². The van der Waals surface area contributed by atoms with E-state index in [1.807, 2.05) is 0 Å². The third-order valence-electron chi connectivity index (χ3n) is 3.18. The van der Waals surface area contributed by atoms with Gasteiger partial charge in [0, 0.05) is 5.56 Å². The van der Waals surface area contributed by atoms with Gasteiger partial charge in [-0.2, -0.15) is 0 Å². The largest absolute Gasteiger partial charge is 0.491 e. The first kappa shape index (κ1) is 17.8. The summed E-state index contributed by atoms with van der Waals surface area (Å²) in [5.41, 5.74) is 0.665. The van der Waals surface area contributed by atoms with Gasteiger partial charge in [0.25, 0.3) is 0 Å². The van der Waals surface area contributed by atoms with Crippen LogP contribution in [0.15, 0.2) is 42.5 Å². The van der Waals surface area contributed by atoms with Crippen LogP contribution in [0.1, 0.15) is 27.6 Å². The minimum atomic E-state index is -0.662. The molecule has 0 radical (unpaired) electrons. The van der Waals surface area contributed by atoms with Gasteiger partial charge in [-0.05, 0) is 19.1 Å². The van der Waals surface area contributed by atoms with Crippen LogP contribution < -0.4 is 9.47 Å². The van der Waals surface area contributed by atoms with E-state index in [1.54, 1.807) is 37.3 Å². The molecule has 0 spiro atoms. The lowest BCUT2D eigenvalue weighted by Crippen LogP contribution is -2.14. The van der Waals surface area contributed by atoms with Gasteiger partial charge >= 0.3 is 5.97 Å². The third kappa shape index (κ3) is 4.26. The van der Waals surface area contributed by atoms with Crippen LogP contribution in [0.4, 0.5) is 0 Å². The molecule has 0 saturated carbocycles. The van der Waals surface area contributed by atoms with Crippen LogP contribution in [0.5, 0.6) is 11.5 Å². The van der Waals surface area contributed by atoms with Crippen molar-refractivity contribution in [3.8, 4) is 11.5 Å². The van der Waals surface area contributed by atoms with Crippen LogP contribution in [-0.2, 0) is 4.74 Å². The number of hydrogen-bond donors (Lipinski definition) is 0. The Morgan fingerprint density at radius 3 is 2.42 bits per heavy atom. The number of ether oxygens (including phenoxy) is 3. The maximum atomic E-state index is 12.2. The highest BCUT2D eigenvalue weighted by atomic mass is 35.5. The van der Waals surface area contributed by atoms with Crippen molar-refractivity contribution in [1.82, 2.24) is 0 Å². The summed E-state index contributed by atoms with van der Waals surface area (Å²) < 4.78 is 15.6. The van der Waals surface area contributed by atoms with Gasteiger partial charge in [-0.25, -0.2) is 4.79 Å². The first-order valence-electron chi connectivity index (χ1n) is 7.32. The lowest BCUT2D eigenvalue weighted by Gasteiger charge is -2.12. The summed E-state index contributed by atoms with van der Waals surface area (Å²) in [4.78, 5) is 24.1. The fourth-order valence-electron chi connectivity index (χ4n) is 2.07. The number of carbonyl (C=O) groups excluding carboxylic acids is 2. The number of methoxy groups -OCH3 is 1. The first-order valence-corrected chi connectivity index (χ1v) is 7.70. The van der Waals surface area contributed by atoms with E-state index in [1.165, 1.54) is 19.2 Å². The molecular weight excluding hydrogens is 332 g/mol. The standard InChI is InChI=1S/C18H17ClO5/c1-3-23-16-10-13(9-14(19)17(16)22-2)18(21)24-11-15(20)12-7-5-4-6-8-12/h4-10H,3,11H2,1-2H3. The van der Waals surface area contributed by atoms with Gasteiger partial charge in [0.15, 0.2) is 23.9 Å². The van der Waals surface area contributed by atoms with Gasteiger partial charge < -0.3 is 14.2 Å². The smallest absolute Gasteiger partial charge is 0.338 e. The van der Waals surface area contributed by atoms with Crippen molar-refractivity contribution in [1.29, 1.82) is 0 Å². The molecule has 0 heterocycles. The van der Waals surface area contributed by atoms with E-state index in [0.29, 0.717) is 23.7 Å². The topological polar surface area (TPSA) is 61.8 Å². The summed E-state index contributed by atoms with van der Waals surface area (Å²) in [7, 11) is 1.46. The SMILES string of the molecule is CCOc1cc(C(=O)OCC(=O)c2ccccc2)cc(Cl)c1OC. The van der Waals surface area contributed by atoms with E-state index in [0.717, 1.165) is 0 Å². The van der Waals surface area contributed by atoms with E-state index >= 15 is 0 Å². The van der Waals surface area contributed by atoms with Crippen LogP contribution in [0.2, 0.25) is 5.02 Å². The Morgan fingerprint density at radius 2 is 1.79 bits per heavy atom. The van der Waals surface area contributed by atoms with E-state index < -0.39 is 5.97 Å². The quantitative estimate of drug-likeness (QED) is 0.562. The lowest BCUT2D eigenvalue weighted by atomic mass is 10.1. The fraction of sp³-hybridized carbons (Fsp3) is 0.222. The van der Waals surface area contributed by atoms with Crippen molar-refractivity contribution >= 4 is 23.4 Å². The number of rotatable bonds is 7. The summed E-state index contributed by atoms with van der Waals surface area (Å²) in [6.45, 7) is 1.84. The number of esters is 1. The van der Waals surface area contributed by atoms with Gasteiger partial charge in [-0.3, -0.25) is 4.79 Å². The first-order chi connectivity index (χ1) is 11.6. The second-order valence-electron chi connectivity index (χ2n) is 4.79. The number of Topliss-reactive ketones (excluding diaryl/α,β-unsaturated/α-hetero) is 1. The Morgan fingerprint density at radius 1 is 1.08 bits per heavy atom. The minimum absolute atomic E-state index is 0.185. The second kappa shape index (κ2) is 8.36. The molecule has 0 saturated heterocycles. The van der Waals surface area contributed by atoms with Crippen molar-refractivity contribution in [3.05, 3.63) is 58.6 Å². The summed E-state index contributed by atoms with van der Waals surface area (Å²) >= 11 is 6.09. The van der Waals surface area contributed by atoms with Crippen molar-refractivity contribution in [3.63, 3.8) is 0 Å². The Kier molecular flexibility index (Phi) is 6.21. The summed E-state index contributed by atoms with van der Waals surface area (Å²) in [6, 6.07) is 11.5. The molecule has 0 atom stereocenters. The average Bonchev–Trinajstić information content (AvgIpc) is 2.60. The highest BCUT2D eigenvalue weighted by molar-refractivity contribution is 6.32. The van der Waals surface area contributed by atoms with Gasteiger partial charge in [0.05, 0.1) is 24.3 Å². The molecule has 0 fully saturated rings. The van der Waals surface area contributed by atoms with Crippen LogP contribution in [0.25, 0.3) is 0 Å². The van der Waals surface area contributed by atoms with Crippen LogP contribution in [-0.4, -0.2) is 32.1 Å². The van der Waals surface area contributed by atoms with Gasteiger partial charge in [0.1, 0.15) is 0 Å². The van der Waals surface area contributed by atoms with Crippen LogP contribution in [0, 0.1) is 0 Å². The van der Waals surface area contributed by atoms with E-state index in [-0.39, 0.29) is 23.0 Å². The predicted molar refractivity (Wildman–Crippen MR) is 90.2 cm³/mol. The fourth-order valence-corrected chi connectivity index (χ4v) is 2.36. The molecule has 6 heteroatoms. The number of ketones is 1. The number of carbonyl (C=O) groups is 2. The van der Waals surface area contributed by atoms with Crippen molar-refractivity contribution in [2.75, 3.05) is 20.3 Å². The normalized spacial score (nSPS) is 10.1. The Bertz CT molecular complexity index is 728. The molecule has 2 aromatic rings. The maximum absolute atomic E-state index is 12.2. The molecular formula is C18H17ClO5. The van der Waals surface area contributed by atoms with Crippen molar-refractivity contribution in [2.45, 2.75) is 6.92 Å². The molecule has 0 aromatic heterocycles. The van der Waals surface area contributed by atoms with Crippen molar-refractivity contribution in [2.24, 2.45) is 0 Å². The third-order valence-corrected chi connectivity index (χ3v) is 3.46. The van der Waals surface area contributed by atoms with Crippen molar-refractivity contribution < 1.29 is 23.8 Å². The summed E-state index contributed by atoms with van der Waals surface area (Å²) in [5.74, 6) is -0.261. The van der Waals surface area contributed by atoms with Gasteiger partial charge in [0.2, 0.25) is 0 Å². The van der Waals surface area contributed by atoms with Gasteiger partial charge in [-0.15, -0.1) is 0 Å². The molecule has 126 valence electrons. The Labute approximate surface area is 145 Å². The molecule has 2 aromatic carbocycles. The molecule has 0 bridgehead atoms. The zero-order chi connectivity index (χ0) is 17.5. The maximum Gasteiger partial charge on any atom is 0.338 e. The molecule has 0 aliphatic heterocycles. The molecule has 0 aliphatic rings. The van der Waals surface area contributed by atoms with Crippen LogP contribution in [0.3, 0.4) is 0 Å². The van der Waals surface area contributed by atoms with Crippen LogP contribution >= 0.6 is 11.6 Å². The molecule has 0 N–H and O–H groups in total. The number of benzene rings is 2. The van der Waals surface area contributed by atoms with Gasteiger partial charge in [-0.1, -0.05) is 41.9 Å². The predicted octanol–water partition coefficient (Wildman–Crippen LogP) is 3.79. The zero-order valence-electron chi connectivity index (χ0n) is 13.4. The van der Waals surface area contributed by atoms with E-state index in [4.69, 9.17) is 25.8 Å². The highest BCUT2D eigenvalue weighted by Gasteiger charge is 2.17. The zero-order valence-corrected chi connectivity index (χ0v) is 14.1. The molecule has 2 rings (SSSR count). The lowest BCUT2D eigenvalue weighted by molar-refractivity contribution is 0.0474. The monoisotopic (exact) mass is 348 g/mol. The number of hydrogen-bond acceptors (Lipinski definition) is 5. The average molecular weight is 349 g/mol. The molecule has 24 heavy (non-hydrogen) atoms. The highest BCUT2D eigenvalue weighted by Crippen LogP contribution is 2.36. The molecule has 0 unspecified atom stereocenters. The van der Waals surface area contributed by atoms with E-state index in [2.05, 4.69) is 0 Å². The summed E-state index contributed by atoms with van der Waals surface area (Å²) in [5, 5.41) is 0.227. The Hall–Kier alpha value is -2.53. The minimum Gasteiger partial charge on any atom is -0.491 e. The molecule has 0 amide bonds. The molecule has 0 aliphatic carbocycles. The molecule has 5 nitrogen and oxygen atoms in total. The summed E-state index contributed by atoms with van der Waals surface area (Å²) in [6.07, 6.45) is 0. The Balaban J connectivity index is 2.11.